The first-order valence-corrected chi connectivity index (χ1v) is 8.83. The highest BCUT2D eigenvalue weighted by atomic mass is 19.1. The van der Waals surface area contributed by atoms with Gasteiger partial charge in [-0.15, -0.1) is 0 Å². The van der Waals surface area contributed by atoms with Gasteiger partial charge >= 0.3 is 0 Å². The van der Waals surface area contributed by atoms with Crippen LogP contribution in [-0.4, -0.2) is 22.4 Å². The first-order chi connectivity index (χ1) is 13.1. The molecule has 2 aromatic carbocycles. The zero-order chi connectivity index (χ0) is 18.8. The number of aromatic nitrogens is 2. The standard InChI is InChI=1S/C21H19FN4O/c1-14-23-19(21(27)25-18-8-4-7-17(22)11-18)12-20(24-14)26-10-9-15-5-2-3-6-16(15)13-26/h2-8,11-12H,9-10,13H2,1H3,(H,25,27). The van der Waals surface area contributed by atoms with Crippen LogP contribution in [0.15, 0.2) is 54.6 Å². The van der Waals surface area contributed by atoms with Crippen LogP contribution >= 0.6 is 0 Å². The van der Waals surface area contributed by atoms with E-state index in [4.69, 9.17) is 0 Å². The van der Waals surface area contributed by atoms with E-state index < -0.39 is 5.82 Å². The fourth-order valence-corrected chi connectivity index (χ4v) is 3.28. The topological polar surface area (TPSA) is 58.1 Å². The Morgan fingerprint density at radius 2 is 1.89 bits per heavy atom. The van der Waals surface area contributed by atoms with Gasteiger partial charge in [0.2, 0.25) is 0 Å². The molecule has 5 nitrogen and oxygen atoms in total. The van der Waals surface area contributed by atoms with Gasteiger partial charge in [0.25, 0.3) is 5.91 Å². The van der Waals surface area contributed by atoms with E-state index in [1.807, 2.05) is 6.07 Å². The highest BCUT2D eigenvalue weighted by Crippen LogP contribution is 2.24. The minimum Gasteiger partial charge on any atom is -0.352 e. The lowest BCUT2D eigenvalue weighted by molar-refractivity contribution is 0.102. The molecule has 136 valence electrons. The summed E-state index contributed by atoms with van der Waals surface area (Å²) in [5, 5.41) is 2.68. The highest BCUT2D eigenvalue weighted by molar-refractivity contribution is 6.03. The second-order valence-electron chi connectivity index (χ2n) is 6.56. The van der Waals surface area contributed by atoms with Gasteiger partial charge in [-0.1, -0.05) is 30.3 Å². The van der Waals surface area contributed by atoms with Crippen molar-refractivity contribution in [1.29, 1.82) is 0 Å². The number of halogens is 1. The number of nitrogens with zero attached hydrogens (tertiary/aromatic N) is 3. The van der Waals surface area contributed by atoms with Crippen LogP contribution in [0.4, 0.5) is 15.9 Å². The summed E-state index contributed by atoms with van der Waals surface area (Å²) >= 11 is 0. The fraction of sp³-hybridized carbons (Fsp3) is 0.190. The molecule has 1 N–H and O–H groups in total. The van der Waals surface area contributed by atoms with Crippen molar-refractivity contribution in [2.24, 2.45) is 0 Å². The molecule has 1 aliphatic heterocycles. The predicted molar refractivity (Wildman–Crippen MR) is 102 cm³/mol. The first kappa shape index (κ1) is 17.1. The second kappa shape index (κ2) is 7.15. The molecule has 0 bridgehead atoms. The molecule has 0 unspecified atom stereocenters. The van der Waals surface area contributed by atoms with Crippen molar-refractivity contribution in [2.45, 2.75) is 19.9 Å². The van der Waals surface area contributed by atoms with Crippen molar-refractivity contribution in [2.75, 3.05) is 16.8 Å². The average molecular weight is 362 g/mol. The molecule has 1 amide bonds. The van der Waals surface area contributed by atoms with Crippen LogP contribution in [0.1, 0.15) is 27.4 Å². The van der Waals surface area contributed by atoms with Gasteiger partial charge in [0, 0.05) is 24.8 Å². The van der Waals surface area contributed by atoms with E-state index in [-0.39, 0.29) is 11.6 Å². The molecule has 6 heteroatoms. The lowest BCUT2D eigenvalue weighted by Crippen LogP contribution is -2.31. The van der Waals surface area contributed by atoms with E-state index in [1.165, 1.54) is 23.3 Å². The number of anilines is 2. The van der Waals surface area contributed by atoms with Gasteiger partial charge in [0.1, 0.15) is 23.2 Å². The normalized spacial score (nSPS) is 13.2. The van der Waals surface area contributed by atoms with Gasteiger partial charge in [-0.2, -0.15) is 0 Å². The highest BCUT2D eigenvalue weighted by Gasteiger charge is 2.19. The molecule has 1 aromatic heterocycles. The minimum atomic E-state index is -0.403. The lowest BCUT2D eigenvalue weighted by atomic mass is 10.00. The van der Waals surface area contributed by atoms with Crippen LogP contribution in [-0.2, 0) is 13.0 Å². The molecule has 3 aromatic rings. The molecule has 27 heavy (non-hydrogen) atoms. The number of rotatable bonds is 3. The Bertz CT molecular complexity index is 1000. The van der Waals surface area contributed by atoms with E-state index >= 15 is 0 Å². The number of aryl methyl sites for hydroxylation is 1. The fourth-order valence-electron chi connectivity index (χ4n) is 3.28. The number of amides is 1. The Labute approximate surface area is 156 Å². The van der Waals surface area contributed by atoms with E-state index in [2.05, 4.69) is 38.4 Å². The third-order valence-electron chi connectivity index (χ3n) is 4.59. The van der Waals surface area contributed by atoms with Crippen molar-refractivity contribution in [1.82, 2.24) is 9.97 Å². The van der Waals surface area contributed by atoms with Gasteiger partial charge in [-0.25, -0.2) is 14.4 Å². The molecule has 0 aliphatic carbocycles. The summed E-state index contributed by atoms with van der Waals surface area (Å²) in [7, 11) is 0. The van der Waals surface area contributed by atoms with Gasteiger partial charge < -0.3 is 10.2 Å². The summed E-state index contributed by atoms with van der Waals surface area (Å²) < 4.78 is 13.3. The molecular formula is C21H19FN4O. The molecule has 1 aliphatic rings. The maximum Gasteiger partial charge on any atom is 0.274 e. The molecular weight excluding hydrogens is 343 g/mol. The maximum absolute atomic E-state index is 13.3. The summed E-state index contributed by atoms with van der Waals surface area (Å²) in [6.07, 6.45) is 0.935. The van der Waals surface area contributed by atoms with Crippen LogP contribution in [0, 0.1) is 12.7 Å². The summed E-state index contributed by atoms with van der Waals surface area (Å²) in [5.41, 5.74) is 3.28. The summed E-state index contributed by atoms with van der Waals surface area (Å²) in [4.78, 5) is 23.5. The van der Waals surface area contributed by atoms with E-state index in [0.29, 0.717) is 11.5 Å². The average Bonchev–Trinajstić information content (AvgIpc) is 2.67. The Morgan fingerprint density at radius 3 is 2.70 bits per heavy atom. The summed E-state index contributed by atoms with van der Waals surface area (Å²) in [6, 6.07) is 15.8. The zero-order valence-corrected chi connectivity index (χ0v) is 14.9. The Balaban J connectivity index is 1.57. The monoisotopic (exact) mass is 362 g/mol. The van der Waals surface area contributed by atoms with Crippen molar-refractivity contribution in [3.8, 4) is 0 Å². The van der Waals surface area contributed by atoms with E-state index in [9.17, 15) is 9.18 Å². The third-order valence-corrected chi connectivity index (χ3v) is 4.59. The number of nitrogens with one attached hydrogen (secondary N) is 1. The van der Waals surface area contributed by atoms with Crippen molar-refractivity contribution in [3.63, 3.8) is 0 Å². The van der Waals surface area contributed by atoms with E-state index in [0.717, 1.165) is 25.3 Å². The Hall–Kier alpha value is -3.28. The number of hydrogen-bond donors (Lipinski definition) is 1. The maximum atomic E-state index is 13.3. The Morgan fingerprint density at radius 1 is 1.07 bits per heavy atom. The van der Waals surface area contributed by atoms with Gasteiger partial charge in [-0.05, 0) is 42.7 Å². The van der Waals surface area contributed by atoms with E-state index in [1.54, 1.807) is 25.1 Å². The van der Waals surface area contributed by atoms with Gasteiger partial charge in [-0.3, -0.25) is 4.79 Å². The molecule has 0 saturated carbocycles. The molecule has 0 radical (unpaired) electrons. The number of carbonyl (C=O) groups is 1. The molecule has 0 spiro atoms. The third kappa shape index (κ3) is 3.79. The second-order valence-corrected chi connectivity index (χ2v) is 6.56. The number of hydrogen-bond acceptors (Lipinski definition) is 4. The molecule has 0 saturated heterocycles. The van der Waals surface area contributed by atoms with Gasteiger partial charge in [0.15, 0.2) is 0 Å². The van der Waals surface area contributed by atoms with Crippen LogP contribution in [0.5, 0.6) is 0 Å². The predicted octanol–water partition coefficient (Wildman–Crippen LogP) is 3.74. The molecule has 4 rings (SSSR count). The first-order valence-electron chi connectivity index (χ1n) is 8.83. The molecule has 0 fully saturated rings. The van der Waals surface area contributed by atoms with Crippen LogP contribution in [0.3, 0.4) is 0 Å². The molecule has 0 atom stereocenters. The zero-order valence-electron chi connectivity index (χ0n) is 14.9. The number of carbonyl (C=O) groups excluding carboxylic acids is 1. The lowest BCUT2D eigenvalue weighted by Gasteiger charge is -2.30. The SMILES string of the molecule is Cc1nc(C(=O)Nc2cccc(F)c2)cc(N2CCc3ccccc3C2)n1. The van der Waals surface area contributed by atoms with Gasteiger partial charge in [0.05, 0.1) is 0 Å². The van der Waals surface area contributed by atoms with Crippen LogP contribution < -0.4 is 10.2 Å². The number of benzene rings is 2. The largest absolute Gasteiger partial charge is 0.352 e. The van der Waals surface area contributed by atoms with Crippen LogP contribution in [0.25, 0.3) is 0 Å². The van der Waals surface area contributed by atoms with Crippen molar-refractivity contribution < 1.29 is 9.18 Å². The van der Waals surface area contributed by atoms with Crippen LogP contribution in [0.2, 0.25) is 0 Å². The Kier molecular flexibility index (Phi) is 4.54. The van der Waals surface area contributed by atoms with Crippen molar-refractivity contribution in [3.05, 3.63) is 83.1 Å². The summed E-state index contributed by atoms with van der Waals surface area (Å²) in [5.74, 6) is 0.459. The van der Waals surface area contributed by atoms with Crippen molar-refractivity contribution >= 4 is 17.4 Å². The summed E-state index contributed by atoms with van der Waals surface area (Å²) in [6.45, 7) is 3.34. The quantitative estimate of drug-likeness (QED) is 0.771. The number of fused-ring (bicyclic) bond motifs is 1. The smallest absolute Gasteiger partial charge is 0.274 e. The molecule has 2 heterocycles. The minimum absolute atomic E-state index is 0.264.